The molecule has 0 aromatic heterocycles. The largest absolute Gasteiger partial charge is 0.383 e. The Bertz CT molecular complexity index is 416. The number of para-hydroxylation sites is 1. The van der Waals surface area contributed by atoms with Gasteiger partial charge in [-0.25, -0.2) is 0 Å². The van der Waals surface area contributed by atoms with Gasteiger partial charge in [0.25, 0.3) is 0 Å². The van der Waals surface area contributed by atoms with Gasteiger partial charge in [0, 0.05) is 53.2 Å². The zero-order valence-corrected chi connectivity index (χ0v) is 13.2. The van der Waals surface area contributed by atoms with E-state index in [1.54, 1.807) is 21.3 Å². The summed E-state index contributed by atoms with van der Waals surface area (Å²) in [5.41, 5.74) is 2.55. The molecule has 21 heavy (non-hydrogen) atoms. The summed E-state index contributed by atoms with van der Waals surface area (Å²) in [5, 5.41) is 3.40. The van der Waals surface area contributed by atoms with Gasteiger partial charge in [-0.05, 0) is 11.6 Å². The number of benzene rings is 1. The van der Waals surface area contributed by atoms with E-state index in [1.807, 2.05) is 0 Å². The summed E-state index contributed by atoms with van der Waals surface area (Å²) in [6, 6.07) is 8.49. The van der Waals surface area contributed by atoms with Crippen LogP contribution < -0.4 is 10.2 Å². The lowest BCUT2D eigenvalue weighted by molar-refractivity contribution is -0.00461. The van der Waals surface area contributed by atoms with E-state index >= 15 is 0 Å². The molecule has 1 N–H and O–H groups in total. The zero-order valence-electron chi connectivity index (χ0n) is 13.2. The quantitative estimate of drug-likeness (QED) is 0.732. The van der Waals surface area contributed by atoms with E-state index in [0.29, 0.717) is 0 Å². The highest BCUT2D eigenvalue weighted by Crippen LogP contribution is 2.26. The molecule has 1 aromatic carbocycles. The van der Waals surface area contributed by atoms with Gasteiger partial charge in [0.15, 0.2) is 0 Å². The lowest BCUT2D eigenvalue weighted by Crippen LogP contribution is -2.27. The number of anilines is 1. The Kier molecular flexibility index (Phi) is 6.45. The summed E-state index contributed by atoms with van der Waals surface area (Å²) < 4.78 is 16.1. The summed E-state index contributed by atoms with van der Waals surface area (Å²) in [4.78, 5) is 2.34. The molecule has 2 rings (SSSR count). The van der Waals surface area contributed by atoms with Gasteiger partial charge in [-0.2, -0.15) is 0 Å². The molecule has 5 heteroatoms. The van der Waals surface area contributed by atoms with E-state index in [9.17, 15) is 0 Å². The lowest BCUT2D eigenvalue weighted by atomic mass is 10.1. The second kappa shape index (κ2) is 8.34. The number of nitrogens with zero attached hydrogens (tertiary/aromatic N) is 1. The Morgan fingerprint density at radius 1 is 1.10 bits per heavy atom. The zero-order chi connectivity index (χ0) is 15.1. The van der Waals surface area contributed by atoms with Crippen LogP contribution >= 0.6 is 0 Å². The van der Waals surface area contributed by atoms with E-state index in [-0.39, 0.29) is 12.2 Å². The summed E-state index contributed by atoms with van der Waals surface area (Å²) in [6.45, 7) is 4.15. The minimum atomic E-state index is 0.129. The fraction of sp³-hybridized carbons (Fsp3) is 0.625. The van der Waals surface area contributed by atoms with E-state index < -0.39 is 0 Å². The topological polar surface area (TPSA) is 43.0 Å². The maximum atomic E-state index is 5.52. The van der Waals surface area contributed by atoms with Gasteiger partial charge in [-0.1, -0.05) is 18.2 Å². The van der Waals surface area contributed by atoms with Gasteiger partial charge in [-0.15, -0.1) is 0 Å². The first-order chi connectivity index (χ1) is 10.3. The molecule has 2 atom stereocenters. The maximum absolute atomic E-state index is 5.52. The van der Waals surface area contributed by atoms with E-state index in [2.05, 4.69) is 34.5 Å². The van der Waals surface area contributed by atoms with Crippen molar-refractivity contribution in [3.05, 3.63) is 29.8 Å². The van der Waals surface area contributed by atoms with Gasteiger partial charge >= 0.3 is 0 Å². The summed E-state index contributed by atoms with van der Waals surface area (Å²) in [5.74, 6) is 0. The number of rotatable bonds is 8. The van der Waals surface area contributed by atoms with Gasteiger partial charge in [0.2, 0.25) is 0 Å². The van der Waals surface area contributed by atoms with Crippen LogP contribution in [0.3, 0.4) is 0 Å². The van der Waals surface area contributed by atoms with Gasteiger partial charge in [0.1, 0.15) is 12.2 Å². The van der Waals surface area contributed by atoms with Crippen LogP contribution in [0.25, 0.3) is 0 Å². The maximum Gasteiger partial charge on any atom is 0.102 e. The van der Waals surface area contributed by atoms with Crippen LogP contribution in [0.2, 0.25) is 0 Å². The molecule has 1 fully saturated rings. The monoisotopic (exact) mass is 294 g/mol. The molecule has 0 aliphatic carbocycles. The summed E-state index contributed by atoms with van der Waals surface area (Å²) in [7, 11) is 5.21. The molecular formula is C16H26N2O3. The Labute approximate surface area is 127 Å². The van der Waals surface area contributed by atoms with Crippen molar-refractivity contribution in [2.24, 2.45) is 0 Å². The van der Waals surface area contributed by atoms with Crippen LogP contribution in [-0.2, 0) is 20.8 Å². The lowest BCUT2D eigenvalue weighted by Gasteiger charge is -2.22. The number of nitrogens with one attached hydrogen (secondary N) is 1. The Hall–Kier alpha value is -1.14. The molecule has 0 bridgehead atoms. The first-order valence-corrected chi connectivity index (χ1v) is 7.38. The van der Waals surface area contributed by atoms with Crippen LogP contribution in [0.4, 0.5) is 5.69 Å². The van der Waals surface area contributed by atoms with E-state index in [0.717, 1.165) is 32.8 Å². The molecular weight excluding hydrogens is 268 g/mol. The number of hydrogen-bond acceptors (Lipinski definition) is 5. The molecule has 0 radical (unpaired) electrons. The third kappa shape index (κ3) is 4.17. The SMILES string of the molecule is COCCNCc1ccccc1N1CC(OC)C(OC)C1. The average Bonchev–Trinajstić information content (AvgIpc) is 2.95. The third-order valence-electron chi connectivity index (χ3n) is 3.95. The normalized spacial score (nSPS) is 22.0. The number of ether oxygens (including phenoxy) is 3. The first-order valence-electron chi connectivity index (χ1n) is 7.38. The molecule has 1 aliphatic heterocycles. The van der Waals surface area contributed by atoms with Crippen molar-refractivity contribution in [1.29, 1.82) is 0 Å². The number of hydrogen-bond donors (Lipinski definition) is 1. The molecule has 2 unspecified atom stereocenters. The van der Waals surface area contributed by atoms with Gasteiger partial charge in [0.05, 0.1) is 6.61 Å². The van der Waals surface area contributed by atoms with Crippen molar-refractivity contribution < 1.29 is 14.2 Å². The van der Waals surface area contributed by atoms with E-state index in [4.69, 9.17) is 14.2 Å². The standard InChI is InChI=1S/C16H26N2O3/c1-19-9-8-17-10-13-6-4-5-7-14(13)18-11-15(20-2)16(12-18)21-3/h4-7,15-17H,8-12H2,1-3H3. The second-order valence-corrected chi connectivity index (χ2v) is 5.25. The average molecular weight is 294 g/mol. The van der Waals surface area contributed by atoms with Gasteiger partial charge in [-0.3, -0.25) is 0 Å². The van der Waals surface area contributed by atoms with Crippen molar-refractivity contribution in [2.75, 3.05) is 52.5 Å². The fourth-order valence-corrected chi connectivity index (χ4v) is 2.76. The van der Waals surface area contributed by atoms with Crippen LogP contribution in [0, 0.1) is 0 Å². The highest BCUT2D eigenvalue weighted by molar-refractivity contribution is 5.55. The van der Waals surface area contributed by atoms with Crippen molar-refractivity contribution in [3.8, 4) is 0 Å². The molecule has 0 spiro atoms. The number of methoxy groups -OCH3 is 3. The van der Waals surface area contributed by atoms with Crippen molar-refractivity contribution in [1.82, 2.24) is 5.32 Å². The molecule has 1 saturated heterocycles. The third-order valence-corrected chi connectivity index (χ3v) is 3.95. The first kappa shape index (κ1) is 16.2. The molecule has 1 heterocycles. The van der Waals surface area contributed by atoms with Crippen LogP contribution in [0.5, 0.6) is 0 Å². The fourth-order valence-electron chi connectivity index (χ4n) is 2.76. The molecule has 0 amide bonds. The summed E-state index contributed by atoms with van der Waals surface area (Å²) in [6.07, 6.45) is 0.258. The van der Waals surface area contributed by atoms with Crippen LogP contribution in [0.1, 0.15) is 5.56 Å². The molecule has 118 valence electrons. The van der Waals surface area contributed by atoms with Gasteiger partial charge < -0.3 is 24.4 Å². The Balaban J connectivity index is 2.02. The smallest absolute Gasteiger partial charge is 0.102 e. The summed E-state index contributed by atoms with van der Waals surface area (Å²) >= 11 is 0. The predicted molar refractivity (Wildman–Crippen MR) is 83.8 cm³/mol. The van der Waals surface area contributed by atoms with Crippen LogP contribution in [0.15, 0.2) is 24.3 Å². The highest BCUT2D eigenvalue weighted by Gasteiger charge is 2.33. The molecule has 5 nitrogen and oxygen atoms in total. The minimum absolute atomic E-state index is 0.129. The second-order valence-electron chi connectivity index (χ2n) is 5.25. The molecule has 0 saturated carbocycles. The molecule has 1 aliphatic rings. The Morgan fingerprint density at radius 3 is 2.38 bits per heavy atom. The molecule has 1 aromatic rings. The Morgan fingerprint density at radius 2 is 1.76 bits per heavy atom. The van der Waals surface area contributed by atoms with Crippen molar-refractivity contribution in [3.63, 3.8) is 0 Å². The van der Waals surface area contributed by atoms with Crippen LogP contribution in [-0.4, -0.2) is 59.8 Å². The highest BCUT2D eigenvalue weighted by atomic mass is 16.5. The van der Waals surface area contributed by atoms with E-state index in [1.165, 1.54) is 11.3 Å². The minimum Gasteiger partial charge on any atom is -0.383 e. The van der Waals surface area contributed by atoms with Crippen molar-refractivity contribution in [2.45, 2.75) is 18.8 Å². The predicted octanol–water partition coefficient (Wildman–Crippen LogP) is 1.27. The van der Waals surface area contributed by atoms with Crippen molar-refractivity contribution >= 4 is 5.69 Å².